The van der Waals surface area contributed by atoms with E-state index in [0.717, 1.165) is 25.8 Å². The molecule has 0 aromatic carbocycles. The number of carbonyl (C=O) groups excluding carboxylic acids is 1. The molecule has 1 heterocycles. The number of halogens is 1. The molecule has 2 nitrogen and oxygen atoms in total. The molecule has 1 saturated heterocycles. The maximum absolute atomic E-state index is 11.3. The van der Waals surface area contributed by atoms with Crippen LogP contribution in [0.5, 0.6) is 0 Å². The number of alkyl halides is 1. The molecule has 1 atom stereocenters. The number of hydrogen-bond donors (Lipinski definition) is 0. The summed E-state index contributed by atoms with van der Waals surface area (Å²) in [6.45, 7) is 3.03. The molecule has 0 aliphatic carbocycles. The van der Waals surface area contributed by atoms with Crippen molar-refractivity contribution in [2.75, 3.05) is 12.4 Å². The van der Waals surface area contributed by atoms with E-state index in [9.17, 15) is 4.79 Å². The lowest BCUT2D eigenvalue weighted by molar-refractivity contribution is -0.128. The Labute approximate surface area is 78.9 Å². The zero-order chi connectivity index (χ0) is 8.97. The summed E-state index contributed by atoms with van der Waals surface area (Å²) in [5.74, 6) is 0.879. The van der Waals surface area contributed by atoms with Crippen LogP contribution in [0.15, 0.2) is 0 Å². The van der Waals surface area contributed by atoms with Gasteiger partial charge in [0.15, 0.2) is 0 Å². The summed E-state index contributed by atoms with van der Waals surface area (Å²) in [5.41, 5.74) is 0. The molecule has 1 unspecified atom stereocenters. The monoisotopic (exact) mass is 189 g/mol. The molecule has 1 aliphatic heterocycles. The first kappa shape index (κ1) is 9.85. The van der Waals surface area contributed by atoms with E-state index in [4.69, 9.17) is 11.6 Å². The highest BCUT2D eigenvalue weighted by molar-refractivity contribution is 6.18. The van der Waals surface area contributed by atoms with Gasteiger partial charge in [-0.05, 0) is 12.8 Å². The van der Waals surface area contributed by atoms with E-state index in [1.165, 1.54) is 0 Å². The highest BCUT2D eigenvalue weighted by Gasteiger charge is 2.29. The van der Waals surface area contributed by atoms with Crippen molar-refractivity contribution >= 4 is 17.5 Å². The second-order valence-corrected chi connectivity index (χ2v) is 3.60. The van der Waals surface area contributed by atoms with Crippen LogP contribution in [0.2, 0.25) is 0 Å². The molecular weight excluding hydrogens is 174 g/mol. The Hall–Kier alpha value is -0.240. The minimum Gasteiger partial charge on any atom is -0.339 e. The Morgan fingerprint density at radius 3 is 3.00 bits per heavy atom. The molecule has 12 heavy (non-hydrogen) atoms. The van der Waals surface area contributed by atoms with Gasteiger partial charge in [-0.2, -0.15) is 0 Å². The van der Waals surface area contributed by atoms with E-state index in [1.54, 1.807) is 0 Å². The first-order chi connectivity index (χ1) is 5.79. The average molecular weight is 190 g/mol. The topological polar surface area (TPSA) is 20.3 Å². The molecule has 0 aromatic heterocycles. The lowest BCUT2D eigenvalue weighted by Crippen LogP contribution is -2.34. The second-order valence-electron chi connectivity index (χ2n) is 3.29. The summed E-state index contributed by atoms with van der Waals surface area (Å²) in [6, 6.07) is 0.311. The van der Waals surface area contributed by atoms with Crippen LogP contribution in [0.25, 0.3) is 0 Å². The number of unbranched alkanes of at least 4 members (excludes halogenated alkanes) is 1. The fourth-order valence-electron chi connectivity index (χ4n) is 1.59. The second kappa shape index (κ2) is 4.70. The largest absolute Gasteiger partial charge is 0.339 e. The van der Waals surface area contributed by atoms with Gasteiger partial charge in [0.25, 0.3) is 0 Å². The number of nitrogens with zero attached hydrogens (tertiary/aromatic N) is 1. The third-order valence-corrected chi connectivity index (χ3v) is 2.74. The molecule has 0 bridgehead atoms. The van der Waals surface area contributed by atoms with E-state index >= 15 is 0 Å². The van der Waals surface area contributed by atoms with Crippen molar-refractivity contribution in [3.05, 3.63) is 0 Å². The van der Waals surface area contributed by atoms with Crippen LogP contribution < -0.4 is 0 Å². The molecule has 0 radical (unpaired) electrons. The van der Waals surface area contributed by atoms with Crippen LogP contribution in [0.4, 0.5) is 0 Å². The lowest BCUT2D eigenvalue weighted by atomic mass is 10.2. The fraction of sp³-hybridized carbons (Fsp3) is 0.889. The summed E-state index contributed by atoms with van der Waals surface area (Å²) in [5, 5.41) is 0. The summed E-state index contributed by atoms with van der Waals surface area (Å²) in [6.07, 6.45) is 3.88. The van der Waals surface area contributed by atoms with E-state index in [-0.39, 0.29) is 5.91 Å². The smallest absolute Gasteiger partial charge is 0.222 e. The number of rotatable bonds is 4. The zero-order valence-electron chi connectivity index (χ0n) is 7.55. The van der Waals surface area contributed by atoms with Crippen LogP contribution in [-0.2, 0) is 4.79 Å². The molecule has 1 amide bonds. The number of amides is 1. The maximum atomic E-state index is 11.3. The molecule has 1 aliphatic rings. The standard InChI is InChI=1S/C9H16ClNO/c1-2-3-6-11-8(7-10)4-5-9(11)12/h8H,2-7H2,1H3. The Kier molecular flexibility index (Phi) is 3.86. The normalized spacial score (nSPS) is 23.7. The van der Waals surface area contributed by atoms with Crippen molar-refractivity contribution in [2.45, 2.75) is 38.6 Å². The highest BCUT2D eigenvalue weighted by Crippen LogP contribution is 2.19. The Morgan fingerprint density at radius 2 is 2.42 bits per heavy atom. The predicted octanol–water partition coefficient (Wildman–Crippen LogP) is 2.02. The molecule has 70 valence electrons. The van der Waals surface area contributed by atoms with Crippen LogP contribution in [0.3, 0.4) is 0 Å². The third kappa shape index (κ3) is 2.13. The van der Waals surface area contributed by atoms with Gasteiger partial charge in [0.1, 0.15) is 0 Å². The van der Waals surface area contributed by atoms with Gasteiger partial charge in [0, 0.05) is 24.9 Å². The number of hydrogen-bond acceptors (Lipinski definition) is 1. The average Bonchev–Trinajstić information content (AvgIpc) is 2.43. The van der Waals surface area contributed by atoms with Crippen molar-refractivity contribution in [3.63, 3.8) is 0 Å². The quantitative estimate of drug-likeness (QED) is 0.620. The first-order valence-electron chi connectivity index (χ1n) is 4.65. The van der Waals surface area contributed by atoms with Gasteiger partial charge in [0.05, 0.1) is 0 Å². The molecule has 0 spiro atoms. The fourth-order valence-corrected chi connectivity index (χ4v) is 1.91. The number of likely N-dealkylation sites (tertiary alicyclic amines) is 1. The van der Waals surface area contributed by atoms with Gasteiger partial charge in [-0.3, -0.25) is 4.79 Å². The highest BCUT2D eigenvalue weighted by atomic mass is 35.5. The lowest BCUT2D eigenvalue weighted by Gasteiger charge is -2.22. The van der Waals surface area contributed by atoms with Crippen LogP contribution in [0.1, 0.15) is 32.6 Å². The SMILES string of the molecule is CCCCN1C(=O)CCC1CCl. The van der Waals surface area contributed by atoms with E-state index in [2.05, 4.69) is 6.92 Å². The molecule has 0 aromatic rings. The first-order valence-corrected chi connectivity index (χ1v) is 5.18. The van der Waals surface area contributed by atoms with E-state index in [0.29, 0.717) is 18.3 Å². The van der Waals surface area contributed by atoms with Gasteiger partial charge in [0.2, 0.25) is 5.91 Å². The molecule has 1 fully saturated rings. The van der Waals surface area contributed by atoms with Crippen molar-refractivity contribution in [2.24, 2.45) is 0 Å². The van der Waals surface area contributed by atoms with Crippen molar-refractivity contribution in [3.8, 4) is 0 Å². The molecular formula is C9H16ClNO. The molecule has 1 rings (SSSR count). The minimum absolute atomic E-state index is 0.286. The summed E-state index contributed by atoms with van der Waals surface area (Å²) >= 11 is 5.75. The molecule has 0 N–H and O–H groups in total. The van der Waals surface area contributed by atoms with Crippen LogP contribution in [-0.4, -0.2) is 29.3 Å². The zero-order valence-corrected chi connectivity index (χ0v) is 8.31. The maximum Gasteiger partial charge on any atom is 0.222 e. The van der Waals surface area contributed by atoms with Crippen molar-refractivity contribution in [1.82, 2.24) is 4.90 Å². The Balaban J connectivity index is 2.40. The Morgan fingerprint density at radius 1 is 1.67 bits per heavy atom. The Bertz CT molecular complexity index is 161. The van der Waals surface area contributed by atoms with Gasteiger partial charge >= 0.3 is 0 Å². The predicted molar refractivity (Wildman–Crippen MR) is 50.4 cm³/mol. The number of carbonyl (C=O) groups is 1. The van der Waals surface area contributed by atoms with Gasteiger partial charge in [-0.15, -0.1) is 11.6 Å². The van der Waals surface area contributed by atoms with Gasteiger partial charge in [-0.1, -0.05) is 13.3 Å². The van der Waals surface area contributed by atoms with Crippen LogP contribution >= 0.6 is 11.6 Å². The van der Waals surface area contributed by atoms with Gasteiger partial charge in [-0.25, -0.2) is 0 Å². The summed E-state index contributed by atoms with van der Waals surface area (Å²) < 4.78 is 0. The van der Waals surface area contributed by atoms with Crippen molar-refractivity contribution in [1.29, 1.82) is 0 Å². The summed E-state index contributed by atoms with van der Waals surface area (Å²) in [4.78, 5) is 13.3. The minimum atomic E-state index is 0.286. The van der Waals surface area contributed by atoms with E-state index in [1.807, 2.05) is 4.90 Å². The van der Waals surface area contributed by atoms with Crippen molar-refractivity contribution < 1.29 is 4.79 Å². The third-order valence-electron chi connectivity index (χ3n) is 2.38. The molecule has 0 saturated carbocycles. The van der Waals surface area contributed by atoms with E-state index < -0.39 is 0 Å². The molecule has 3 heteroatoms. The van der Waals surface area contributed by atoms with Crippen LogP contribution in [0, 0.1) is 0 Å². The summed E-state index contributed by atoms with van der Waals surface area (Å²) in [7, 11) is 0. The van der Waals surface area contributed by atoms with Gasteiger partial charge < -0.3 is 4.90 Å².